The number of aliphatic hydroxyl groups excluding tert-OH is 4. The number of unbranched alkanes of at least 4 members (excludes halogenated alkanes) is 17. The van der Waals surface area contributed by atoms with Crippen molar-refractivity contribution in [3.8, 4) is 0 Å². The SMILES string of the molecule is CCCCCCC/C=C\C/C=C\CCCCCCCCCCCCCC(=O)OC(COC(=O)CCCC)COC1OC(CO)C(O)C(O)C1O. The standard InChI is InChI=1S/C40H72O10/c1-3-5-7-8-9-10-11-12-13-14-15-16-17-18-19-20-21-22-23-24-25-26-27-29-36(43)49-33(31-47-35(42)28-6-4-2)32-48-40-39(46)38(45)37(44)34(30-41)50-40/h11-12,14-15,33-34,37-41,44-46H,3-10,13,16-32H2,1-2H3/b12-11-,15-14-. The molecule has 0 aromatic heterocycles. The first-order valence-electron chi connectivity index (χ1n) is 19.9. The molecule has 1 aliphatic rings. The second-order valence-electron chi connectivity index (χ2n) is 13.7. The lowest BCUT2D eigenvalue weighted by Crippen LogP contribution is -2.59. The molecule has 0 aromatic rings. The normalized spacial score (nSPS) is 21.6. The molecule has 1 aliphatic heterocycles. The summed E-state index contributed by atoms with van der Waals surface area (Å²) in [6.07, 6.45) is 26.1. The molecule has 1 heterocycles. The molecule has 0 aromatic carbocycles. The van der Waals surface area contributed by atoms with E-state index in [-0.39, 0.29) is 26.1 Å². The van der Waals surface area contributed by atoms with Crippen molar-refractivity contribution in [2.75, 3.05) is 19.8 Å². The smallest absolute Gasteiger partial charge is 0.306 e. The summed E-state index contributed by atoms with van der Waals surface area (Å²) in [6, 6.07) is 0. The van der Waals surface area contributed by atoms with Crippen LogP contribution in [-0.2, 0) is 28.5 Å². The second-order valence-corrected chi connectivity index (χ2v) is 13.7. The highest BCUT2D eigenvalue weighted by atomic mass is 16.7. The average Bonchev–Trinajstić information content (AvgIpc) is 3.11. The number of carbonyl (C=O) groups is 2. The van der Waals surface area contributed by atoms with Gasteiger partial charge >= 0.3 is 11.9 Å². The van der Waals surface area contributed by atoms with E-state index in [4.69, 9.17) is 18.9 Å². The molecule has 0 radical (unpaired) electrons. The Balaban J connectivity index is 2.14. The van der Waals surface area contributed by atoms with E-state index in [0.29, 0.717) is 12.8 Å². The van der Waals surface area contributed by atoms with Crippen molar-refractivity contribution in [2.45, 2.75) is 198 Å². The Kier molecular flexibility index (Phi) is 29.5. The monoisotopic (exact) mass is 713 g/mol. The number of ether oxygens (including phenoxy) is 4. The summed E-state index contributed by atoms with van der Waals surface area (Å²) >= 11 is 0. The van der Waals surface area contributed by atoms with Crippen molar-refractivity contribution in [3.05, 3.63) is 24.3 Å². The summed E-state index contributed by atoms with van der Waals surface area (Å²) in [4.78, 5) is 24.6. The zero-order valence-corrected chi connectivity index (χ0v) is 31.4. The fourth-order valence-corrected chi connectivity index (χ4v) is 5.84. The summed E-state index contributed by atoms with van der Waals surface area (Å²) in [7, 11) is 0. The maximum atomic E-state index is 12.6. The van der Waals surface area contributed by atoms with Crippen LogP contribution in [0, 0.1) is 0 Å². The van der Waals surface area contributed by atoms with Crippen LogP contribution in [0.2, 0.25) is 0 Å². The highest BCUT2D eigenvalue weighted by Crippen LogP contribution is 2.22. The Morgan fingerprint density at radius 3 is 1.70 bits per heavy atom. The minimum atomic E-state index is -1.59. The molecule has 1 saturated heterocycles. The van der Waals surface area contributed by atoms with Crippen LogP contribution in [0.5, 0.6) is 0 Å². The van der Waals surface area contributed by atoms with Crippen LogP contribution in [-0.4, -0.2) is 89.0 Å². The van der Waals surface area contributed by atoms with Crippen LogP contribution in [0.15, 0.2) is 24.3 Å². The van der Waals surface area contributed by atoms with Crippen LogP contribution in [0.3, 0.4) is 0 Å². The highest BCUT2D eigenvalue weighted by molar-refractivity contribution is 5.70. The Bertz CT molecular complexity index is 876. The van der Waals surface area contributed by atoms with Gasteiger partial charge in [-0.15, -0.1) is 0 Å². The fourth-order valence-electron chi connectivity index (χ4n) is 5.84. The Labute approximate surface area is 303 Å². The number of rotatable bonds is 32. The number of hydrogen-bond donors (Lipinski definition) is 4. The van der Waals surface area contributed by atoms with Gasteiger partial charge in [0.25, 0.3) is 0 Å². The zero-order chi connectivity index (χ0) is 36.7. The molecule has 10 heteroatoms. The lowest BCUT2D eigenvalue weighted by atomic mass is 9.99. The maximum absolute atomic E-state index is 12.6. The highest BCUT2D eigenvalue weighted by Gasteiger charge is 2.44. The van der Waals surface area contributed by atoms with Gasteiger partial charge in [-0.05, 0) is 44.9 Å². The Hall–Kier alpha value is -1.82. The topological polar surface area (TPSA) is 152 Å². The van der Waals surface area contributed by atoms with E-state index < -0.39 is 55.4 Å². The van der Waals surface area contributed by atoms with Gasteiger partial charge < -0.3 is 39.4 Å². The van der Waals surface area contributed by atoms with Crippen molar-refractivity contribution in [1.29, 1.82) is 0 Å². The summed E-state index contributed by atoms with van der Waals surface area (Å²) in [5, 5.41) is 39.6. The minimum absolute atomic E-state index is 0.222. The van der Waals surface area contributed by atoms with Gasteiger partial charge in [-0.2, -0.15) is 0 Å². The maximum Gasteiger partial charge on any atom is 0.306 e. The van der Waals surface area contributed by atoms with Gasteiger partial charge in [0.2, 0.25) is 0 Å². The minimum Gasteiger partial charge on any atom is -0.462 e. The predicted molar refractivity (Wildman–Crippen MR) is 196 cm³/mol. The van der Waals surface area contributed by atoms with Gasteiger partial charge in [0.05, 0.1) is 13.2 Å². The molecule has 0 saturated carbocycles. The van der Waals surface area contributed by atoms with Gasteiger partial charge in [0.1, 0.15) is 31.0 Å². The molecule has 50 heavy (non-hydrogen) atoms. The number of carbonyl (C=O) groups excluding carboxylic acids is 2. The predicted octanol–water partition coefficient (Wildman–Crippen LogP) is 7.38. The first-order valence-corrected chi connectivity index (χ1v) is 19.9. The van der Waals surface area contributed by atoms with Gasteiger partial charge in [-0.3, -0.25) is 9.59 Å². The van der Waals surface area contributed by atoms with Crippen molar-refractivity contribution >= 4 is 11.9 Å². The van der Waals surface area contributed by atoms with E-state index in [1.54, 1.807) is 0 Å². The summed E-state index contributed by atoms with van der Waals surface area (Å²) in [6.45, 7) is 3.14. The third kappa shape index (κ3) is 23.6. The summed E-state index contributed by atoms with van der Waals surface area (Å²) < 4.78 is 21.7. The van der Waals surface area contributed by atoms with Gasteiger partial charge in [0, 0.05) is 12.8 Å². The number of aliphatic hydroxyl groups is 4. The quantitative estimate of drug-likeness (QED) is 0.0316. The van der Waals surface area contributed by atoms with E-state index in [2.05, 4.69) is 31.2 Å². The lowest BCUT2D eigenvalue weighted by molar-refractivity contribution is -0.305. The molecule has 6 unspecified atom stereocenters. The Morgan fingerprint density at radius 2 is 1.14 bits per heavy atom. The summed E-state index contributed by atoms with van der Waals surface area (Å²) in [5.41, 5.74) is 0. The van der Waals surface area contributed by atoms with Crippen LogP contribution in [0.1, 0.15) is 162 Å². The zero-order valence-electron chi connectivity index (χ0n) is 31.4. The molecule has 6 atom stereocenters. The molecule has 0 spiro atoms. The molecule has 292 valence electrons. The molecule has 1 fully saturated rings. The molecule has 0 bridgehead atoms. The third-order valence-corrected chi connectivity index (χ3v) is 9.09. The molecule has 4 N–H and O–H groups in total. The second kappa shape index (κ2) is 31.9. The van der Waals surface area contributed by atoms with Crippen molar-refractivity contribution in [3.63, 3.8) is 0 Å². The molecular formula is C40H72O10. The molecule has 1 rings (SSSR count). The average molecular weight is 713 g/mol. The fraction of sp³-hybridized carbons (Fsp3) is 0.850. The van der Waals surface area contributed by atoms with E-state index >= 15 is 0 Å². The number of hydrogen-bond acceptors (Lipinski definition) is 10. The summed E-state index contributed by atoms with van der Waals surface area (Å²) in [5.74, 6) is -0.848. The van der Waals surface area contributed by atoms with Gasteiger partial charge in [0.15, 0.2) is 12.4 Å². The largest absolute Gasteiger partial charge is 0.462 e. The first kappa shape index (κ1) is 46.2. The van der Waals surface area contributed by atoms with Gasteiger partial charge in [-0.1, -0.05) is 128 Å². The van der Waals surface area contributed by atoms with Crippen LogP contribution in [0.25, 0.3) is 0 Å². The van der Waals surface area contributed by atoms with Crippen molar-refractivity contribution in [1.82, 2.24) is 0 Å². The van der Waals surface area contributed by atoms with Crippen LogP contribution in [0.4, 0.5) is 0 Å². The molecule has 0 aliphatic carbocycles. The van der Waals surface area contributed by atoms with Crippen molar-refractivity contribution < 1.29 is 49.0 Å². The Morgan fingerprint density at radius 1 is 0.620 bits per heavy atom. The lowest BCUT2D eigenvalue weighted by Gasteiger charge is -2.39. The molecule has 0 amide bonds. The number of allylic oxidation sites excluding steroid dienone is 4. The van der Waals surface area contributed by atoms with Gasteiger partial charge in [-0.25, -0.2) is 0 Å². The first-order chi connectivity index (χ1) is 24.3. The molecular weight excluding hydrogens is 640 g/mol. The number of esters is 2. The van der Waals surface area contributed by atoms with Crippen molar-refractivity contribution in [2.24, 2.45) is 0 Å². The van der Waals surface area contributed by atoms with E-state index in [0.717, 1.165) is 32.1 Å². The van der Waals surface area contributed by atoms with E-state index in [1.165, 1.54) is 89.9 Å². The van der Waals surface area contributed by atoms with E-state index in [9.17, 15) is 30.0 Å². The molecule has 10 nitrogen and oxygen atoms in total. The van der Waals surface area contributed by atoms with E-state index in [1.807, 2.05) is 6.92 Å². The van der Waals surface area contributed by atoms with Crippen LogP contribution >= 0.6 is 0 Å². The third-order valence-electron chi connectivity index (χ3n) is 9.09. The van der Waals surface area contributed by atoms with Crippen LogP contribution < -0.4 is 0 Å².